The normalized spacial score (nSPS) is 13.9. The number of fused-ring (bicyclic) bond motifs is 1. The maximum Gasteiger partial charge on any atom is 0.231 e. The van der Waals surface area contributed by atoms with E-state index in [9.17, 15) is 13.6 Å². The highest BCUT2D eigenvalue weighted by molar-refractivity contribution is 5.96. The molecule has 0 atom stereocenters. The molecule has 1 heterocycles. The lowest BCUT2D eigenvalue weighted by molar-refractivity contribution is -0.118. The summed E-state index contributed by atoms with van der Waals surface area (Å²) in [5, 5.41) is 0. The minimum Gasteiger partial charge on any atom is -0.312 e. The Morgan fingerprint density at radius 3 is 2.68 bits per heavy atom. The Morgan fingerprint density at radius 2 is 1.91 bits per heavy atom. The number of nitrogens with zero attached hydrogens (tertiary/aromatic N) is 1. The molecule has 0 spiro atoms. The Kier molecular flexibility index (Phi) is 3.92. The average Bonchev–Trinajstić information content (AvgIpc) is 2.50. The minimum absolute atomic E-state index is 0.0822. The monoisotopic (exact) mass is 301 g/mol. The first-order chi connectivity index (χ1) is 10.6. The van der Waals surface area contributed by atoms with Gasteiger partial charge in [0.15, 0.2) is 11.6 Å². The van der Waals surface area contributed by atoms with Crippen molar-refractivity contribution in [1.82, 2.24) is 0 Å². The van der Waals surface area contributed by atoms with Crippen molar-refractivity contribution in [3.63, 3.8) is 0 Å². The fourth-order valence-electron chi connectivity index (χ4n) is 2.90. The average molecular weight is 301 g/mol. The zero-order valence-corrected chi connectivity index (χ0v) is 12.4. The maximum atomic E-state index is 13.5. The third-order valence-corrected chi connectivity index (χ3v) is 4.14. The van der Waals surface area contributed by atoms with Crippen LogP contribution in [-0.2, 0) is 17.6 Å². The molecule has 3 rings (SSSR count). The second kappa shape index (κ2) is 5.87. The van der Waals surface area contributed by atoms with Crippen molar-refractivity contribution < 1.29 is 13.6 Å². The van der Waals surface area contributed by atoms with E-state index < -0.39 is 11.6 Å². The number of benzene rings is 2. The zero-order chi connectivity index (χ0) is 15.7. The van der Waals surface area contributed by atoms with Crippen LogP contribution in [0.5, 0.6) is 0 Å². The number of halogens is 2. The van der Waals surface area contributed by atoms with Crippen LogP contribution in [0.3, 0.4) is 0 Å². The van der Waals surface area contributed by atoms with E-state index in [1.54, 1.807) is 4.90 Å². The lowest BCUT2D eigenvalue weighted by Gasteiger charge is -2.30. The van der Waals surface area contributed by atoms with E-state index >= 15 is 0 Å². The molecule has 22 heavy (non-hydrogen) atoms. The lowest BCUT2D eigenvalue weighted by atomic mass is 9.99. The van der Waals surface area contributed by atoms with Crippen LogP contribution in [0.15, 0.2) is 36.4 Å². The Balaban J connectivity index is 1.89. The summed E-state index contributed by atoms with van der Waals surface area (Å²) >= 11 is 0. The van der Waals surface area contributed by atoms with E-state index in [-0.39, 0.29) is 12.3 Å². The number of carbonyl (C=O) groups is 1. The van der Waals surface area contributed by atoms with Crippen LogP contribution in [0.25, 0.3) is 0 Å². The second-order valence-corrected chi connectivity index (χ2v) is 5.65. The van der Waals surface area contributed by atoms with E-state index in [0.717, 1.165) is 23.6 Å². The van der Waals surface area contributed by atoms with Crippen molar-refractivity contribution in [2.75, 3.05) is 11.4 Å². The molecule has 114 valence electrons. The first kappa shape index (κ1) is 14.7. The standard InChI is InChI=1S/C18H17F2NO/c1-12-5-2-3-6-13(12)10-18(22)21-8-4-7-14-9-15(19)16(20)11-17(14)21/h2-3,5-6,9,11H,4,7-8,10H2,1H3. The van der Waals surface area contributed by atoms with Gasteiger partial charge in [-0.15, -0.1) is 0 Å². The second-order valence-electron chi connectivity index (χ2n) is 5.65. The van der Waals surface area contributed by atoms with E-state index in [2.05, 4.69) is 0 Å². The molecule has 2 aromatic carbocycles. The van der Waals surface area contributed by atoms with Gasteiger partial charge in [0.25, 0.3) is 0 Å². The highest BCUT2D eigenvalue weighted by atomic mass is 19.2. The van der Waals surface area contributed by atoms with Gasteiger partial charge < -0.3 is 4.90 Å². The molecule has 1 aliphatic rings. The Hall–Kier alpha value is -2.23. The summed E-state index contributed by atoms with van der Waals surface area (Å²) < 4.78 is 26.9. The molecule has 0 N–H and O–H groups in total. The maximum absolute atomic E-state index is 13.5. The van der Waals surface area contributed by atoms with Crippen LogP contribution in [0.4, 0.5) is 14.5 Å². The molecule has 0 saturated carbocycles. The fraction of sp³-hybridized carbons (Fsp3) is 0.278. The predicted octanol–water partition coefficient (Wildman–Crippen LogP) is 3.80. The first-order valence-corrected chi connectivity index (χ1v) is 7.39. The smallest absolute Gasteiger partial charge is 0.231 e. The van der Waals surface area contributed by atoms with Crippen molar-refractivity contribution in [1.29, 1.82) is 0 Å². The van der Waals surface area contributed by atoms with Crippen molar-refractivity contribution in [2.45, 2.75) is 26.2 Å². The molecular weight excluding hydrogens is 284 g/mol. The Labute approximate surface area is 128 Å². The third kappa shape index (κ3) is 2.73. The van der Waals surface area contributed by atoms with Gasteiger partial charge in [-0.3, -0.25) is 4.79 Å². The van der Waals surface area contributed by atoms with Crippen molar-refractivity contribution in [3.05, 3.63) is 64.7 Å². The molecule has 1 amide bonds. The molecule has 0 fully saturated rings. The summed E-state index contributed by atoms with van der Waals surface area (Å²) in [6.45, 7) is 2.50. The van der Waals surface area contributed by atoms with Gasteiger partial charge in [-0.05, 0) is 42.5 Å². The summed E-state index contributed by atoms with van der Waals surface area (Å²) in [6, 6.07) is 10.1. The fourth-order valence-corrected chi connectivity index (χ4v) is 2.90. The molecule has 0 radical (unpaired) electrons. The van der Waals surface area contributed by atoms with Crippen LogP contribution in [0.2, 0.25) is 0 Å². The quantitative estimate of drug-likeness (QED) is 0.826. The summed E-state index contributed by atoms with van der Waals surface area (Å²) in [5.41, 5.74) is 3.22. The predicted molar refractivity (Wildman–Crippen MR) is 81.9 cm³/mol. The van der Waals surface area contributed by atoms with Crippen LogP contribution in [0, 0.1) is 18.6 Å². The lowest BCUT2D eigenvalue weighted by Crippen LogP contribution is -2.36. The van der Waals surface area contributed by atoms with Crippen molar-refractivity contribution in [2.24, 2.45) is 0 Å². The number of hydrogen-bond acceptors (Lipinski definition) is 1. The van der Waals surface area contributed by atoms with Gasteiger partial charge in [-0.2, -0.15) is 0 Å². The first-order valence-electron chi connectivity index (χ1n) is 7.39. The third-order valence-electron chi connectivity index (χ3n) is 4.14. The topological polar surface area (TPSA) is 20.3 Å². The van der Waals surface area contributed by atoms with E-state index in [0.29, 0.717) is 24.2 Å². The number of aryl methyl sites for hydroxylation is 2. The molecule has 1 aliphatic heterocycles. The number of hydrogen-bond donors (Lipinski definition) is 0. The van der Waals surface area contributed by atoms with Crippen molar-refractivity contribution in [3.8, 4) is 0 Å². The van der Waals surface area contributed by atoms with Gasteiger partial charge >= 0.3 is 0 Å². The number of anilines is 1. The van der Waals surface area contributed by atoms with Gasteiger partial charge in [0, 0.05) is 18.3 Å². The molecule has 0 bridgehead atoms. The number of amides is 1. The summed E-state index contributed by atoms with van der Waals surface area (Å²) in [4.78, 5) is 14.2. The molecule has 2 aromatic rings. The molecule has 4 heteroatoms. The van der Waals surface area contributed by atoms with Gasteiger partial charge in [-0.25, -0.2) is 8.78 Å². The highest BCUT2D eigenvalue weighted by Gasteiger charge is 2.24. The number of rotatable bonds is 2. The molecule has 0 aromatic heterocycles. The van der Waals surface area contributed by atoms with Crippen LogP contribution in [0.1, 0.15) is 23.1 Å². The van der Waals surface area contributed by atoms with Crippen LogP contribution >= 0.6 is 0 Å². The SMILES string of the molecule is Cc1ccccc1CC(=O)N1CCCc2cc(F)c(F)cc21. The van der Waals surface area contributed by atoms with E-state index in [1.165, 1.54) is 6.07 Å². The highest BCUT2D eigenvalue weighted by Crippen LogP contribution is 2.30. The molecule has 0 aliphatic carbocycles. The van der Waals surface area contributed by atoms with Gasteiger partial charge in [0.05, 0.1) is 6.42 Å². The largest absolute Gasteiger partial charge is 0.312 e. The Morgan fingerprint density at radius 1 is 1.18 bits per heavy atom. The summed E-state index contributed by atoms with van der Waals surface area (Å²) in [6.07, 6.45) is 1.70. The van der Waals surface area contributed by atoms with Crippen LogP contribution in [-0.4, -0.2) is 12.5 Å². The van der Waals surface area contributed by atoms with E-state index in [4.69, 9.17) is 0 Å². The molecule has 2 nitrogen and oxygen atoms in total. The summed E-state index contributed by atoms with van der Waals surface area (Å²) in [7, 11) is 0. The minimum atomic E-state index is -0.908. The summed E-state index contributed by atoms with van der Waals surface area (Å²) in [5.74, 6) is -1.84. The van der Waals surface area contributed by atoms with E-state index in [1.807, 2.05) is 31.2 Å². The molecule has 0 saturated heterocycles. The van der Waals surface area contributed by atoms with Crippen LogP contribution < -0.4 is 4.90 Å². The van der Waals surface area contributed by atoms with Gasteiger partial charge in [0.2, 0.25) is 5.91 Å². The van der Waals surface area contributed by atoms with Gasteiger partial charge in [0.1, 0.15) is 0 Å². The Bertz CT molecular complexity index is 727. The molecular formula is C18H17F2NO. The number of carbonyl (C=O) groups excluding carboxylic acids is 1. The molecule has 0 unspecified atom stereocenters. The van der Waals surface area contributed by atoms with Crippen molar-refractivity contribution >= 4 is 11.6 Å². The van der Waals surface area contributed by atoms with Gasteiger partial charge in [-0.1, -0.05) is 24.3 Å². The zero-order valence-electron chi connectivity index (χ0n) is 12.4.